The zero-order valence-electron chi connectivity index (χ0n) is 24.8. The van der Waals surface area contributed by atoms with Crippen molar-refractivity contribution in [2.45, 2.75) is 65.9 Å². The maximum atomic E-state index is 14.7. The second-order valence-corrected chi connectivity index (χ2v) is 13.5. The molecule has 1 saturated heterocycles. The van der Waals surface area contributed by atoms with Crippen LogP contribution in [0.25, 0.3) is 11.1 Å². The van der Waals surface area contributed by atoms with Crippen LogP contribution in [0.3, 0.4) is 0 Å². The van der Waals surface area contributed by atoms with Crippen molar-refractivity contribution in [2.24, 2.45) is 0 Å². The number of sulfonamides is 1. The highest BCUT2D eigenvalue weighted by molar-refractivity contribution is 7.92. The van der Waals surface area contributed by atoms with Gasteiger partial charge in [0.2, 0.25) is 10.0 Å². The lowest BCUT2D eigenvalue weighted by molar-refractivity contribution is 0.0205. The van der Waals surface area contributed by atoms with Gasteiger partial charge in [-0.1, -0.05) is 0 Å². The Bertz CT molecular complexity index is 1560. The van der Waals surface area contributed by atoms with E-state index in [1.165, 1.54) is 6.07 Å². The highest BCUT2D eigenvalue weighted by atomic mass is 32.2. The SMILES string of the molecule is CCS(=O)(=O)Nc1cc(-c2cc(C)nc(C)c2)c(Oc2ccc(F)cc2F)cc1C1CCN(C(=O)OC(C)(C)C)CC1. The average molecular weight is 602 g/mol. The maximum absolute atomic E-state index is 14.7. The van der Waals surface area contributed by atoms with E-state index in [9.17, 15) is 22.0 Å². The first-order valence-corrected chi connectivity index (χ1v) is 15.5. The number of aromatic nitrogens is 1. The second-order valence-electron chi connectivity index (χ2n) is 11.5. The largest absolute Gasteiger partial charge is 0.454 e. The molecule has 3 aromatic rings. The molecule has 4 rings (SSSR count). The standard InChI is InChI=1S/C31H37F2N3O5S/c1-7-42(38,39)35-27-17-25(22-14-19(2)34-20(3)15-22)29(40-28-9-8-23(32)16-26(28)33)18-24(27)21-10-12-36(13-11-21)30(37)41-31(4,5)6/h8-9,14-18,21,35H,7,10-13H2,1-6H3. The summed E-state index contributed by atoms with van der Waals surface area (Å²) in [6, 6.07) is 10.1. The summed E-state index contributed by atoms with van der Waals surface area (Å²) in [7, 11) is -3.67. The fourth-order valence-corrected chi connectivity index (χ4v) is 5.59. The Morgan fingerprint density at radius 1 is 1.02 bits per heavy atom. The number of hydrogen-bond donors (Lipinski definition) is 1. The third-order valence-corrected chi connectivity index (χ3v) is 8.18. The molecule has 8 nitrogen and oxygen atoms in total. The van der Waals surface area contributed by atoms with Gasteiger partial charge in [-0.05, 0) is 108 Å². The van der Waals surface area contributed by atoms with Crippen LogP contribution in [0.4, 0.5) is 19.3 Å². The van der Waals surface area contributed by atoms with Gasteiger partial charge >= 0.3 is 6.09 Å². The molecule has 1 amide bonds. The lowest BCUT2D eigenvalue weighted by atomic mass is 9.87. The predicted octanol–water partition coefficient (Wildman–Crippen LogP) is 7.31. The summed E-state index contributed by atoms with van der Waals surface area (Å²) in [4.78, 5) is 18.7. The number of carbonyl (C=O) groups is 1. The van der Waals surface area contributed by atoms with Crippen molar-refractivity contribution in [2.75, 3.05) is 23.6 Å². The minimum Gasteiger partial charge on any atom is -0.454 e. The Labute approximate surface area is 246 Å². The van der Waals surface area contributed by atoms with Crippen LogP contribution in [0.2, 0.25) is 0 Å². The van der Waals surface area contributed by atoms with Crippen LogP contribution in [0.15, 0.2) is 42.5 Å². The number of anilines is 1. The summed E-state index contributed by atoms with van der Waals surface area (Å²) in [5.41, 5.74) is 3.08. The number of hydrogen-bond acceptors (Lipinski definition) is 6. The third-order valence-electron chi connectivity index (χ3n) is 6.89. The molecule has 0 saturated carbocycles. The molecule has 0 unspecified atom stereocenters. The molecule has 226 valence electrons. The van der Waals surface area contributed by atoms with Gasteiger partial charge in [0.05, 0.1) is 11.4 Å². The van der Waals surface area contributed by atoms with Gasteiger partial charge in [0.25, 0.3) is 0 Å². The van der Waals surface area contributed by atoms with Gasteiger partial charge in [-0.3, -0.25) is 9.71 Å². The lowest BCUT2D eigenvalue weighted by Gasteiger charge is -2.34. The number of benzene rings is 2. The average Bonchev–Trinajstić information content (AvgIpc) is 2.89. The van der Waals surface area contributed by atoms with Crippen LogP contribution < -0.4 is 9.46 Å². The van der Waals surface area contributed by atoms with E-state index in [2.05, 4.69) is 9.71 Å². The number of amides is 1. The molecule has 1 aromatic heterocycles. The minimum atomic E-state index is -3.67. The molecule has 2 aromatic carbocycles. The Morgan fingerprint density at radius 3 is 2.24 bits per heavy atom. The number of rotatable bonds is 7. The number of ether oxygens (including phenoxy) is 2. The Balaban J connectivity index is 1.81. The highest BCUT2D eigenvalue weighted by Crippen LogP contribution is 2.43. The molecule has 2 heterocycles. The molecule has 0 radical (unpaired) electrons. The number of carbonyl (C=O) groups excluding carboxylic acids is 1. The smallest absolute Gasteiger partial charge is 0.410 e. The van der Waals surface area contributed by atoms with Gasteiger partial charge in [-0.2, -0.15) is 0 Å². The van der Waals surface area contributed by atoms with E-state index in [0.717, 1.165) is 23.5 Å². The molecule has 1 aliphatic rings. The van der Waals surface area contributed by atoms with Crippen LogP contribution in [-0.4, -0.2) is 48.8 Å². The Hall–Kier alpha value is -3.73. The zero-order valence-corrected chi connectivity index (χ0v) is 25.6. The molecule has 42 heavy (non-hydrogen) atoms. The minimum absolute atomic E-state index is 0.134. The van der Waals surface area contributed by atoms with Gasteiger partial charge < -0.3 is 14.4 Å². The van der Waals surface area contributed by atoms with Gasteiger partial charge in [0.15, 0.2) is 11.6 Å². The summed E-state index contributed by atoms with van der Waals surface area (Å²) in [5, 5.41) is 0. The molecule has 0 aliphatic carbocycles. The normalized spacial score (nSPS) is 14.5. The van der Waals surface area contributed by atoms with Crippen LogP contribution in [0.5, 0.6) is 11.5 Å². The molecular weight excluding hydrogens is 564 g/mol. The molecule has 0 atom stereocenters. The van der Waals surface area contributed by atoms with E-state index >= 15 is 0 Å². The van der Waals surface area contributed by atoms with Gasteiger partial charge in [0, 0.05) is 36.1 Å². The first-order chi connectivity index (χ1) is 19.6. The van der Waals surface area contributed by atoms with E-state index in [4.69, 9.17) is 9.47 Å². The molecule has 11 heteroatoms. The molecule has 1 aliphatic heterocycles. The third kappa shape index (κ3) is 7.76. The van der Waals surface area contributed by atoms with E-state index in [1.54, 1.807) is 24.0 Å². The first kappa shape index (κ1) is 31.2. The fraction of sp³-hybridized carbons (Fsp3) is 0.419. The van der Waals surface area contributed by atoms with Crippen molar-refractivity contribution in [3.8, 4) is 22.6 Å². The van der Waals surface area contributed by atoms with Crippen LogP contribution >= 0.6 is 0 Å². The van der Waals surface area contributed by atoms with Crippen molar-refractivity contribution in [3.05, 3.63) is 71.1 Å². The summed E-state index contributed by atoms with van der Waals surface area (Å²) in [6.07, 6.45) is 0.677. The van der Waals surface area contributed by atoms with Crippen LogP contribution in [0, 0.1) is 25.5 Å². The van der Waals surface area contributed by atoms with Gasteiger partial charge in [-0.15, -0.1) is 0 Å². The number of aryl methyl sites for hydroxylation is 2. The fourth-order valence-electron chi connectivity index (χ4n) is 4.94. The lowest BCUT2D eigenvalue weighted by Crippen LogP contribution is -2.41. The monoisotopic (exact) mass is 601 g/mol. The number of nitrogens with one attached hydrogen (secondary N) is 1. The predicted molar refractivity (Wildman–Crippen MR) is 158 cm³/mol. The summed E-state index contributed by atoms with van der Waals surface area (Å²) in [6.45, 7) is 11.5. The summed E-state index contributed by atoms with van der Waals surface area (Å²) >= 11 is 0. The zero-order chi connectivity index (χ0) is 30.8. The second kappa shape index (κ2) is 12.2. The van der Waals surface area contributed by atoms with Crippen molar-refractivity contribution < 1.29 is 31.5 Å². The Morgan fingerprint density at radius 2 is 1.67 bits per heavy atom. The Kier molecular flexibility index (Phi) is 9.10. The highest BCUT2D eigenvalue weighted by Gasteiger charge is 2.30. The van der Waals surface area contributed by atoms with E-state index in [-0.39, 0.29) is 23.2 Å². The number of piperidine rings is 1. The number of halogens is 2. The van der Waals surface area contributed by atoms with Crippen LogP contribution in [0.1, 0.15) is 63.4 Å². The van der Waals surface area contributed by atoms with Gasteiger partial charge in [-0.25, -0.2) is 22.0 Å². The number of nitrogens with zero attached hydrogens (tertiary/aromatic N) is 2. The summed E-state index contributed by atoms with van der Waals surface area (Å²) < 4.78 is 68.2. The number of likely N-dealkylation sites (tertiary alicyclic amines) is 1. The molecule has 0 bridgehead atoms. The molecule has 1 fully saturated rings. The summed E-state index contributed by atoms with van der Waals surface area (Å²) in [5.74, 6) is -1.78. The van der Waals surface area contributed by atoms with E-state index in [1.807, 2.05) is 46.8 Å². The van der Waals surface area contributed by atoms with Crippen molar-refractivity contribution >= 4 is 21.8 Å². The van der Waals surface area contributed by atoms with E-state index < -0.39 is 33.4 Å². The maximum Gasteiger partial charge on any atom is 0.410 e. The van der Waals surface area contributed by atoms with Crippen molar-refractivity contribution in [3.63, 3.8) is 0 Å². The van der Waals surface area contributed by atoms with Gasteiger partial charge in [0.1, 0.15) is 17.2 Å². The topological polar surface area (TPSA) is 97.8 Å². The van der Waals surface area contributed by atoms with E-state index in [0.29, 0.717) is 48.3 Å². The first-order valence-electron chi connectivity index (χ1n) is 13.9. The van der Waals surface area contributed by atoms with Crippen molar-refractivity contribution in [1.82, 2.24) is 9.88 Å². The van der Waals surface area contributed by atoms with Crippen molar-refractivity contribution in [1.29, 1.82) is 0 Å². The number of pyridine rings is 1. The molecular formula is C31H37F2N3O5S. The molecule has 1 N–H and O–H groups in total. The quantitative estimate of drug-likeness (QED) is 0.305. The molecule has 0 spiro atoms. The van der Waals surface area contributed by atoms with Crippen LogP contribution in [-0.2, 0) is 14.8 Å².